The maximum atomic E-state index is 12.5. The molecule has 1 aliphatic heterocycles. The predicted molar refractivity (Wildman–Crippen MR) is 112 cm³/mol. The Balaban J connectivity index is 1.34. The molecule has 0 atom stereocenters. The van der Waals surface area contributed by atoms with Gasteiger partial charge in [-0.15, -0.1) is 0 Å². The highest BCUT2D eigenvalue weighted by molar-refractivity contribution is 5.94. The highest BCUT2D eigenvalue weighted by atomic mass is 16.5. The molecule has 10 nitrogen and oxygen atoms in total. The second-order valence-corrected chi connectivity index (χ2v) is 7.43. The van der Waals surface area contributed by atoms with E-state index in [1.54, 1.807) is 20.0 Å². The number of aryl methyl sites for hydroxylation is 2. The van der Waals surface area contributed by atoms with Crippen LogP contribution in [0, 0.1) is 13.8 Å². The van der Waals surface area contributed by atoms with Gasteiger partial charge in [-0.1, -0.05) is 11.2 Å². The van der Waals surface area contributed by atoms with Crippen LogP contribution in [0.2, 0.25) is 0 Å². The van der Waals surface area contributed by atoms with Gasteiger partial charge in [-0.05, 0) is 32.8 Å². The normalized spacial score (nSPS) is 13.4. The van der Waals surface area contributed by atoms with E-state index >= 15 is 0 Å². The van der Waals surface area contributed by atoms with Gasteiger partial charge in [-0.25, -0.2) is 4.98 Å². The first-order valence-corrected chi connectivity index (χ1v) is 10.2. The third-order valence-corrected chi connectivity index (χ3v) is 5.21. The number of oxazole rings is 1. The lowest BCUT2D eigenvalue weighted by atomic mass is 10.1. The summed E-state index contributed by atoms with van der Waals surface area (Å²) in [6, 6.07) is 3.76. The maximum Gasteiger partial charge on any atom is 0.302 e. The van der Waals surface area contributed by atoms with Crippen molar-refractivity contribution >= 4 is 23.6 Å². The Hall–Kier alpha value is -3.69. The molecule has 0 unspecified atom stereocenters. The summed E-state index contributed by atoms with van der Waals surface area (Å²) < 4.78 is 10.3. The smallest absolute Gasteiger partial charge is 0.302 e. The quantitative estimate of drug-likeness (QED) is 0.592. The molecule has 0 radical (unpaired) electrons. The van der Waals surface area contributed by atoms with Crippen LogP contribution in [0.5, 0.6) is 0 Å². The van der Waals surface area contributed by atoms with Crippen LogP contribution in [0.25, 0.3) is 0 Å². The average Bonchev–Trinajstić information content (AvgIpc) is 3.51. The summed E-state index contributed by atoms with van der Waals surface area (Å²) in [6.07, 6.45) is 5.34. The van der Waals surface area contributed by atoms with Crippen molar-refractivity contribution in [1.29, 1.82) is 0 Å². The number of carbonyl (C=O) groups is 2. The van der Waals surface area contributed by atoms with E-state index in [-0.39, 0.29) is 24.0 Å². The van der Waals surface area contributed by atoms with Gasteiger partial charge in [-0.2, -0.15) is 4.98 Å². The Kier molecular flexibility index (Phi) is 5.96. The van der Waals surface area contributed by atoms with E-state index in [1.165, 1.54) is 6.26 Å². The SMILES string of the molecule is Cc1noc(C)c1CC(=O)Nc1nc(C(=O)NCc2cccnc2N2CCCC2)co1. The second-order valence-electron chi connectivity index (χ2n) is 7.43. The molecule has 4 heterocycles. The standard InChI is InChI=1S/C21H24N6O4/c1-13-16(14(2)31-26-13)10-18(28)25-21-24-17(12-30-21)20(29)23-11-15-6-5-7-22-19(15)27-8-3-4-9-27/h5-7,12H,3-4,8-11H2,1-2H3,(H,23,29)(H,24,25,28). The lowest BCUT2D eigenvalue weighted by Gasteiger charge is -2.19. The number of pyridine rings is 1. The van der Waals surface area contributed by atoms with Gasteiger partial charge in [0.05, 0.1) is 12.1 Å². The van der Waals surface area contributed by atoms with Crippen LogP contribution in [0.4, 0.5) is 11.8 Å². The molecule has 1 saturated heterocycles. The van der Waals surface area contributed by atoms with Crippen LogP contribution in [0.15, 0.2) is 33.5 Å². The molecule has 1 fully saturated rings. The maximum absolute atomic E-state index is 12.5. The summed E-state index contributed by atoms with van der Waals surface area (Å²) in [7, 11) is 0. The Bertz CT molecular complexity index is 1060. The Labute approximate surface area is 179 Å². The minimum Gasteiger partial charge on any atom is -0.431 e. The molecule has 10 heteroatoms. The summed E-state index contributed by atoms with van der Waals surface area (Å²) in [6.45, 7) is 5.77. The van der Waals surface area contributed by atoms with E-state index in [2.05, 4.69) is 30.7 Å². The van der Waals surface area contributed by atoms with Crippen molar-refractivity contribution in [3.8, 4) is 0 Å². The second kappa shape index (κ2) is 8.99. The Morgan fingerprint density at radius 2 is 2.03 bits per heavy atom. The minimum atomic E-state index is -0.397. The first-order chi connectivity index (χ1) is 15.0. The summed E-state index contributed by atoms with van der Waals surface area (Å²) in [5.74, 6) is 0.747. The van der Waals surface area contributed by atoms with Crippen molar-refractivity contribution in [3.63, 3.8) is 0 Å². The molecule has 3 aromatic heterocycles. The van der Waals surface area contributed by atoms with Gasteiger partial charge in [0.15, 0.2) is 5.69 Å². The molecule has 0 bridgehead atoms. The number of nitrogens with zero attached hydrogens (tertiary/aromatic N) is 4. The Morgan fingerprint density at radius 1 is 1.23 bits per heavy atom. The van der Waals surface area contributed by atoms with Crippen molar-refractivity contribution in [2.75, 3.05) is 23.3 Å². The van der Waals surface area contributed by atoms with Crippen molar-refractivity contribution in [2.45, 2.75) is 39.7 Å². The number of anilines is 2. The lowest BCUT2D eigenvalue weighted by molar-refractivity contribution is -0.115. The van der Waals surface area contributed by atoms with Crippen molar-refractivity contribution in [1.82, 2.24) is 20.4 Å². The molecular weight excluding hydrogens is 400 g/mol. The first kappa shape index (κ1) is 20.6. The molecular formula is C21H24N6O4. The number of rotatable bonds is 7. The van der Waals surface area contributed by atoms with Gasteiger partial charge in [0.1, 0.15) is 17.8 Å². The fourth-order valence-electron chi connectivity index (χ4n) is 3.56. The zero-order chi connectivity index (χ0) is 21.8. The van der Waals surface area contributed by atoms with Crippen molar-refractivity contribution < 1.29 is 18.5 Å². The van der Waals surface area contributed by atoms with Crippen molar-refractivity contribution in [3.05, 3.63) is 52.9 Å². The zero-order valence-corrected chi connectivity index (χ0v) is 17.5. The topological polar surface area (TPSA) is 126 Å². The van der Waals surface area contributed by atoms with Gasteiger partial charge in [-0.3, -0.25) is 14.9 Å². The van der Waals surface area contributed by atoms with E-state index in [0.717, 1.165) is 37.3 Å². The number of hydrogen-bond donors (Lipinski definition) is 2. The van der Waals surface area contributed by atoms with Crippen LogP contribution in [0.3, 0.4) is 0 Å². The highest BCUT2D eigenvalue weighted by Gasteiger charge is 2.19. The molecule has 162 valence electrons. The number of amides is 2. The summed E-state index contributed by atoms with van der Waals surface area (Å²) >= 11 is 0. The van der Waals surface area contributed by atoms with Crippen LogP contribution in [0.1, 0.15) is 45.9 Å². The van der Waals surface area contributed by atoms with Crippen molar-refractivity contribution in [2.24, 2.45) is 0 Å². The van der Waals surface area contributed by atoms with E-state index in [4.69, 9.17) is 8.94 Å². The number of hydrogen-bond acceptors (Lipinski definition) is 8. The van der Waals surface area contributed by atoms with Gasteiger partial charge >= 0.3 is 6.01 Å². The third-order valence-electron chi connectivity index (χ3n) is 5.21. The highest BCUT2D eigenvalue weighted by Crippen LogP contribution is 2.22. The summed E-state index contributed by atoms with van der Waals surface area (Å²) in [5.41, 5.74) is 2.39. The molecule has 2 amide bonds. The lowest BCUT2D eigenvalue weighted by Crippen LogP contribution is -2.26. The van der Waals surface area contributed by atoms with E-state index in [1.807, 2.05) is 12.1 Å². The van der Waals surface area contributed by atoms with Crippen LogP contribution in [-0.4, -0.2) is 40.0 Å². The van der Waals surface area contributed by atoms with Gasteiger partial charge in [0.25, 0.3) is 5.91 Å². The molecule has 3 aromatic rings. The monoisotopic (exact) mass is 424 g/mol. The first-order valence-electron chi connectivity index (χ1n) is 10.2. The molecule has 0 saturated carbocycles. The van der Waals surface area contributed by atoms with Crippen LogP contribution in [-0.2, 0) is 17.8 Å². The minimum absolute atomic E-state index is 0.0407. The number of aromatic nitrogens is 3. The number of carbonyl (C=O) groups excluding carboxylic acids is 2. The molecule has 0 aliphatic carbocycles. The van der Waals surface area contributed by atoms with Crippen LogP contribution >= 0.6 is 0 Å². The van der Waals surface area contributed by atoms with E-state index < -0.39 is 5.91 Å². The van der Waals surface area contributed by atoms with Crippen LogP contribution < -0.4 is 15.5 Å². The molecule has 31 heavy (non-hydrogen) atoms. The predicted octanol–water partition coefficient (Wildman–Crippen LogP) is 2.39. The number of nitrogens with one attached hydrogen (secondary N) is 2. The van der Waals surface area contributed by atoms with E-state index in [0.29, 0.717) is 23.6 Å². The fourth-order valence-corrected chi connectivity index (χ4v) is 3.56. The summed E-state index contributed by atoms with van der Waals surface area (Å²) in [4.78, 5) is 35.5. The zero-order valence-electron chi connectivity index (χ0n) is 17.5. The molecule has 4 rings (SSSR count). The van der Waals surface area contributed by atoms with E-state index in [9.17, 15) is 9.59 Å². The summed E-state index contributed by atoms with van der Waals surface area (Å²) in [5, 5.41) is 9.21. The molecule has 0 aromatic carbocycles. The fraction of sp³-hybridized carbons (Fsp3) is 0.381. The van der Waals surface area contributed by atoms with Gasteiger partial charge < -0.3 is 19.2 Å². The van der Waals surface area contributed by atoms with Gasteiger partial charge in [0, 0.05) is 37.0 Å². The molecule has 0 spiro atoms. The van der Waals surface area contributed by atoms with Gasteiger partial charge in [0.2, 0.25) is 5.91 Å². The Morgan fingerprint density at radius 3 is 2.77 bits per heavy atom. The molecule has 1 aliphatic rings. The molecule has 2 N–H and O–H groups in total. The largest absolute Gasteiger partial charge is 0.431 e. The average molecular weight is 424 g/mol. The third kappa shape index (κ3) is 4.73.